The van der Waals surface area contributed by atoms with Gasteiger partial charge in [-0.15, -0.1) is 0 Å². The molecule has 0 aliphatic carbocycles. The minimum absolute atomic E-state index is 0.128. The Morgan fingerprint density at radius 1 is 1.10 bits per heavy atom. The van der Waals surface area contributed by atoms with Crippen molar-refractivity contribution in [1.29, 1.82) is 0 Å². The Morgan fingerprint density at radius 2 is 1.67 bits per heavy atom. The fourth-order valence-electron chi connectivity index (χ4n) is 2.79. The molecule has 1 aromatic rings. The summed E-state index contributed by atoms with van der Waals surface area (Å²) in [7, 11) is 0. The van der Waals surface area contributed by atoms with Gasteiger partial charge in [0, 0.05) is 6.42 Å². The fraction of sp³-hybridized carbons (Fsp3) is 0.667. The van der Waals surface area contributed by atoms with E-state index in [0.29, 0.717) is 18.6 Å². The lowest BCUT2D eigenvalue weighted by Crippen LogP contribution is -2.97. The first kappa shape index (κ1) is 18.0. The van der Waals surface area contributed by atoms with E-state index in [2.05, 4.69) is 39.9 Å². The van der Waals surface area contributed by atoms with Crippen molar-refractivity contribution in [2.45, 2.75) is 59.6 Å². The van der Waals surface area contributed by atoms with E-state index in [0.717, 1.165) is 12.2 Å². The summed E-state index contributed by atoms with van der Waals surface area (Å²) < 4.78 is 5.62. The van der Waals surface area contributed by atoms with Crippen molar-refractivity contribution < 1.29 is 15.2 Å². The normalized spacial score (nSPS) is 14.0. The maximum atomic E-state index is 10.1. The number of aliphatic hydroxyl groups excluding tert-OH is 1. The number of nitrogens with two attached hydrogens (primary N) is 1. The third-order valence-corrected chi connectivity index (χ3v) is 3.39. The molecule has 0 heterocycles. The van der Waals surface area contributed by atoms with Crippen LogP contribution >= 0.6 is 0 Å². The predicted octanol–water partition coefficient (Wildman–Crippen LogP) is 2.51. The Labute approximate surface area is 129 Å². The van der Waals surface area contributed by atoms with Gasteiger partial charge in [0.1, 0.15) is 25.0 Å². The van der Waals surface area contributed by atoms with Crippen molar-refractivity contribution in [2.24, 2.45) is 5.41 Å². The Balaban J connectivity index is 2.33. The quantitative estimate of drug-likeness (QED) is 0.811. The Bertz CT molecular complexity index is 418. The molecule has 0 amide bonds. The molecule has 0 saturated heterocycles. The predicted molar refractivity (Wildman–Crippen MR) is 87.6 cm³/mol. The van der Waals surface area contributed by atoms with Crippen molar-refractivity contribution in [2.75, 3.05) is 13.2 Å². The molecule has 0 spiro atoms. The lowest BCUT2D eigenvalue weighted by molar-refractivity contribution is -0.727. The van der Waals surface area contributed by atoms with E-state index in [4.69, 9.17) is 4.74 Å². The molecule has 0 saturated carbocycles. The van der Waals surface area contributed by atoms with Crippen LogP contribution in [-0.4, -0.2) is 29.9 Å². The van der Waals surface area contributed by atoms with Gasteiger partial charge in [0.2, 0.25) is 0 Å². The van der Waals surface area contributed by atoms with E-state index in [1.165, 1.54) is 5.56 Å². The van der Waals surface area contributed by atoms with Crippen LogP contribution in [0.25, 0.3) is 0 Å². The van der Waals surface area contributed by atoms with Crippen LogP contribution in [0.4, 0.5) is 0 Å². The molecule has 0 aliphatic heterocycles. The smallest absolute Gasteiger partial charge is 0.137 e. The van der Waals surface area contributed by atoms with E-state index in [1.807, 2.05) is 31.2 Å². The molecule has 3 N–H and O–H groups in total. The van der Waals surface area contributed by atoms with E-state index >= 15 is 0 Å². The zero-order chi connectivity index (χ0) is 16.1. The van der Waals surface area contributed by atoms with Crippen molar-refractivity contribution in [1.82, 2.24) is 0 Å². The molecule has 0 unspecified atom stereocenters. The lowest BCUT2D eigenvalue weighted by atomic mass is 9.82. The average Bonchev–Trinajstić information content (AvgIpc) is 2.33. The standard InChI is InChI=1S/C18H31NO2/c1-14-7-9-16(10-8-14)21-12-15(20)11-19-18(5,6)13-17(2,3)4/h7-10,15,19-20H,11-13H2,1-6H3/p+1/t15-/m1/s1. The highest BCUT2D eigenvalue weighted by molar-refractivity contribution is 5.26. The van der Waals surface area contributed by atoms with Crippen molar-refractivity contribution in [3.8, 4) is 5.75 Å². The van der Waals surface area contributed by atoms with Gasteiger partial charge in [0.25, 0.3) is 0 Å². The molecule has 0 radical (unpaired) electrons. The monoisotopic (exact) mass is 294 g/mol. The molecule has 0 fully saturated rings. The second-order valence-electron chi connectivity index (χ2n) is 7.94. The van der Waals surface area contributed by atoms with Crippen molar-refractivity contribution in [3.05, 3.63) is 29.8 Å². The maximum absolute atomic E-state index is 10.1. The van der Waals surface area contributed by atoms with Crippen LogP contribution in [0.3, 0.4) is 0 Å². The van der Waals surface area contributed by atoms with Gasteiger partial charge < -0.3 is 15.2 Å². The summed E-state index contributed by atoms with van der Waals surface area (Å²) >= 11 is 0. The van der Waals surface area contributed by atoms with Crippen LogP contribution in [0.15, 0.2) is 24.3 Å². The van der Waals surface area contributed by atoms with Crippen LogP contribution < -0.4 is 10.1 Å². The summed E-state index contributed by atoms with van der Waals surface area (Å²) in [6.45, 7) is 14.3. The molecule has 1 rings (SSSR count). The highest BCUT2D eigenvalue weighted by atomic mass is 16.5. The largest absolute Gasteiger partial charge is 0.491 e. The Hall–Kier alpha value is -1.06. The zero-order valence-electron chi connectivity index (χ0n) is 14.4. The number of hydrogen-bond donors (Lipinski definition) is 2. The fourth-order valence-corrected chi connectivity index (χ4v) is 2.79. The second kappa shape index (κ2) is 7.28. The zero-order valence-corrected chi connectivity index (χ0v) is 14.4. The molecule has 0 bridgehead atoms. The third-order valence-electron chi connectivity index (χ3n) is 3.39. The first-order valence-corrected chi connectivity index (χ1v) is 7.79. The van der Waals surface area contributed by atoms with Gasteiger partial charge in [-0.25, -0.2) is 0 Å². The number of aliphatic hydroxyl groups is 1. The molecular formula is C18H32NO2+. The summed E-state index contributed by atoms with van der Waals surface area (Å²) in [6, 6.07) is 7.91. The topological polar surface area (TPSA) is 46.1 Å². The summed E-state index contributed by atoms with van der Waals surface area (Å²) in [4.78, 5) is 0. The first-order chi connectivity index (χ1) is 9.57. The average molecular weight is 294 g/mol. The number of hydrogen-bond acceptors (Lipinski definition) is 2. The van der Waals surface area contributed by atoms with Gasteiger partial charge >= 0.3 is 0 Å². The number of quaternary nitrogens is 1. The highest BCUT2D eigenvalue weighted by Crippen LogP contribution is 2.24. The van der Waals surface area contributed by atoms with Gasteiger partial charge in [-0.1, -0.05) is 38.5 Å². The summed E-state index contributed by atoms with van der Waals surface area (Å²) in [5, 5.41) is 12.3. The van der Waals surface area contributed by atoms with Gasteiger partial charge in [-0.3, -0.25) is 0 Å². The molecular weight excluding hydrogens is 262 g/mol. The minimum Gasteiger partial charge on any atom is -0.491 e. The number of ether oxygens (including phenoxy) is 1. The van der Waals surface area contributed by atoms with Crippen LogP contribution in [-0.2, 0) is 0 Å². The van der Waals surface area contributed by atoms with E-state index in [9.17, 15) is 5.11 Å². The molecule has 120 valence electrons. The SMILES string of the molecule is Cc1ccc(OC[C@H](O)C[NH2+]C(C)(C)CC(C)(C)C)cc1. The Morgan fingerprint density at radius 3 is 2.19 bits per heavy atom. The summed E-state index contributed by atoms with van der Waals surface area (Å²) in [5.41, 5.74) is 1.63. The van der Waals surface area contributed by atoms with E-state index < -0.39 is 6.10 Å². The molecule has 0 aromatic heterocycles. The van der Waals surface area contributed by atoms with Crippen LogP contribution in [0.1, 0.15) is 46.6 Å². The van der Waals surface area contributed by atoms with E-state index in [1.54, 1.807) is 0 Å². The lowest BCUT2D eigenvalue weighted by Gasteiger charge is -2.31. The van der Waals surface area contributed by atoms with Gasteiger partial charge in [0.05, 0.1) is 5.54 Å². The summed E-state index contributed by atoms with van der Waals surface area (Å²) in [5.74, 6) is 0.814. The van der Waals surface area contributed by atoms with Crippen LogP contribution in [0.2, 0.25) is 0 Å². The molecule has 3 heteroatoms. The number of rotatable bonds is 7. The van der Waals surface area contributed by atoms with Crippen LogP contribution in [0, 0.1) is 12.3 Å². The number of aryl methyl sites for hydroxylation is 1. The molecule has 0 aliphatic rings. The second-order valence-corrected chi connectivity index (χ2v) is 7.94. The number of benzene rings is 1. The first-order valence-electron chi connectivity index (χ1n) is 7.79. The molecule has 1 aromatic carbocycles. The highest BCUT2D eigenvalue weighted by Gasteiger charge is 2.28. The van der Waals surface area contributed by atoms with Crippen LogP contribution in [0.5, 0.6) is 5.75 Å². The molecule has 1 atom stereocenters. The Kier molecular flexibility index (Phi) is 6.24. The summed E-state index contributed by atoms with van der Waals surface area (Å²) in [6.07, 6.45) is 0.650. The molecule has 21 heavy (non-hydrogen) atoms. The third kappa shape index (κ3) is 8.08. The van der Waals surface area contributed by atoms with Crippen molar-refractivity contribution in [3.63, 3.8) is 0 Å². The maximum Gasteiger partial charge on any atom is 0.137 e. The van der Waals surface area contributed by atoms with Gasteiger partial charge in [-0.2, -0.15) is 0 Å². The minimum atomic E-state index is -0.453. The molecule has 3 nitrogen and oxygen atoms in total. The van der Waals surface area contributed by atoms with Gasteiger partial charge in [-0.05, 0) is 38.3 Å². The van der Waals surface area contributed by atoms with Crippen molar-refractivity contribution >= 4 is 0 Å². The van der Waals surface area contributed by atoms with E-state index in [-0.39, 0.29) is 5.54 Å². The van der Waals surface area contributed by atoms with Gasteiger partial charge in [0.15, 0.2) is 0 Å².